The van der Waals surface area contributed by atoms with Crippen LogP contribution in [0.2, 0.25) is 0 Å². The average molecular weight is 453 g/mol. The lowest BCUT2D eigenvalue weighted by atomic mass is 10.1. The van der Waals surface area contributed by atoms with Gasteiger partial charge in [-0.2, -0.15) is 5.10 Å². The third-order valence-corrected chi connectivity index (χ3v) is 6.22. The number of anilines is 2. The molecule has 2 N–H and O–H groups in total. The number of para-hydroxylation sites is 2. The Labute approximate surface area is 199 Å². The monoisotopic (exact) mass is 452 g/mol. The van der Waals surface area contributed by atoms with Gasteiger partial charge in [0.1, 0.15) is 5.69 Å². The van der Waals surface area contributed by atoms with Gasteiger partial charge in [-0.05, 0) is 42.3 Å². The van der Waals surface area contributed by atoms with Crippen LogP contribution in [0.4, 0.5) is 11.4 Å². The van der Waals surface area contributed by atoms with Crippen LogP contribution < -0.4 is 10.2 Å². The molecule has 0 aliphatic carbocycles. The summed E-state index contributed by atoms with van der Waals surface area (Å²) in [4.78, 5) is 21.9. The molecule has 0 saturated carbocycles. The number of pyridine rings is 1. The fraction of sp³-hybridized carbons (Fsp3) is 0.222. The summed E-state index contributed by atoms with van der Waals surface area (Å²) < 4.78 is 0. The lowest BCUT2D eigenvalue weighted by Gasteiger charge is -2.37. The molecule has 1 saturated heterocycles. The minimum Gasteiger partial charge on any atom is -0.367 e. The average Bonchev–Trinajstić information content (AvgIpc) is 3.40. The number of hydrogen-bond donors (Lipinski definition) is 2. The molecule has 7 heteroatoms. The van der Waals surface area contributed by atoms with E-state index in [0.29, 0.717) is 5.69 Å². The molecule has 0 atom stereocenters. The topological polar surface area (TPSA) is 77.2 Å². The van der Waals surface area contributed by atoms with Crippen LogP contribution in [0.25, 0.3) is 11.3 Å². The first-order valence-corrected chi connectivity index (χ1v) is 11.6. The number of carbonyl (C=O) groups excluding carboxylic acids is 1. The van der Waals surface area contributed by atoms with E-state index in [0.717, 1.165) is 61.8 Å². The molecule has 1 amide bonds. The van der Waals surface area contributed by atoms with Crippen molar-refractivity contribution >= 4 is 17.3 Å². The van der Waals surface area contributed by atoms with Crippen molar-refractivity contribution in [2.75, 3.05) is 42.9 Å². The number of carbonyl (C=O) groups is 1. The van der Waals surface area contributed by atoms with E-state index in [9.17, 15) is 4.79 Å². The largest absolute Gasteiger partial charge is 0.367 e. The number of H-pyrrole nitrogens is 1. The van der Waals surface area contributed by atoms with Gasteiger partial charge >= 0.3 is 0 Å². The number of amides is 1. The van der Waals surface area contributed by atoms with Crippen molar-refractivity contribution in [3.63, 3.8) is 0 Å². The number of piperazine rings is 1. The molecular formula is C27H28N6O. The molecule has 7 nitrogen and oxygen atoms in total. The zero-order chi connectivity index (χ0) is 23.2. The van der Waals surface area contributed by atoms with Crippen LogP contribution in [0.1, 0.15) is 16.1 Å². The first kappa shape index (κ1) is 21.9. The number of nitrogens with one attached hydrogen (secondary N) is 2. The van der Waals surface area contributed by atoms with Gasteiger partial charge in [0.25, 0.3) is 5.91 Å². The Balaban J connectivity index is 1.20. The van der Waals surface area contributed by atoms with Crippen LogP contribution in [0, 0.1) is 0 Å². The number of hydrogen-bond acceptors (Lipinski definition) is 5. The van der Waals surface area contributed by atoms with Gasteiger partial charge in [0.15, 0.2) is 0 Å². The highest BCUT2D eigenvalue weighted by molar-refractivity contribution is 6.05. The molecule has 0 bridgehead atoms. The van der Waals surface area contributed by atoms with E-state index in [1.54, 1.807) is 6.07 Å². The first-order valence-electron chi connectivity index (χ1n) is 11.6. The zero-order valence-corrected chi connectivity index (χ0v) is 19.0. The molecule has 172 valence electrons. The summed E-state index contributed by atoms with van der Waals surface area (Å²) in [5.41, 5.74) is 5.34. The van der Waals surface area contributed by atoms with E-state index in [-0.39, 0.29) is 5.91 Å². The molecule has 1 aliphatic heterocycles. The Morgan fingerprint density at radius 3 is 2.44 bits per heavy atom. The number of nitrogens with zero attached hydrogens (tertiary/aromatic N) is 4. The lowest BCUT2D eigenvalue weighted by molar-refractivity contribution is 0.102. The fourth-order valence-electron chi connectivity index (χ4n) is 4.29. The minimum absolute atomic E-state index is 0.196. The van der Waals surface area contributed by atoms with Crippen molar-refractivity contribution < 1.29 is 4.79 Å². The molecule has 3 heterocycles. The Bertz CT molecular complexity index is 1220. The fourth-order valence-corrected chi connectivity index (χ4v) is 4.29. The summed E-state index contributed by atoms with van der Waals surface area (Å²) in [6, 6.07) is 23.8. The van der Waals surface area contributed by atoms with Crippen molar-refractivity contribution in [1.82, 2.24) is 20.1 Å². The van der Waals surface area contributed by atoms with Crippen molar-refractivity contribution in [3.05, 3.63) is 96.4 Å². The summed E-state index contributed by atoms with van der Waals surface area (Å²) in [6.45, 7) is 4.87. The second-order valence-electron chi connectivity index (χ2n) is 8.44. The van der Waals surface area contributed by atoms with Crippen LogP contribution >= 0.6 is 0 Å². The van der Waals surface area contributed by atoms with Gasteiger partial charge in [-0.3, -0.25) is 19.8 Å². The molecule has 4 aromatic rings. The van der Waals surface area contributed by atoms with Crippen LogP contribution in [0.3, 0.4) is 0 Å². The van der Waals surface area contributed by atoms with Crippen LogP contribution in [0.5, 0.6) is 0 Å². The molecule has 0 unspecified atom stereocenters. The third-order valence-electron chi connectivity index (χ3n) is 6.22. The standard InChI is InChI=1S/C27H28N6O/c34-27(25-20-24(30-31-25)22-6-2-1-3-7-22)29-23-8-4-5-9-26(23)33-18-16-32(17-19-33)15-12-21-10-13-28-14-11-21/h1-11,13-14,20H,12,15-19H2,(H,29,34)(H,30,31). The predicted molar refractivity (Wildman–Crippen MR) is 135 cm³/mol. The van der Waals surface area contributed by atoms with Crippen LogP contribution in [0.15, 0.2) is 85.2 Å². The third kappa shape index (κ3) is 5.15. The molecule has 34 heavy (non-hydrogen) atoms. The number of benzene rings is 2. The maximum Gasteiger partial charge on any atom is 0.273 e. The predicted octanol–water partition coefficient (Wildman–Crippen LogP) is 4.09. The SMILES string of the molecule is O=C(Nc1ccccc1N1CCN(CCc2ccncc2)CC1)c1cc(-c2ccccc2)n[nH]1. The Kier molecular flexibility index (Phi) is 6.63. The lowest BCUT2D eigenvalue weighted by Crippen LogP contribution is -2.47. The van der Waals surface area contributed by atoms with Gasteiger partial charge in [0, 0.05) is 50.7 Å². The maximum absolute atomic E-state index is 13.0. The van der Waals surface area contributed by atoms with E-state index >= 15 is 0 Å². The molecule has 2 aromatic heterocycles. The van der Waals surface area contributed by atoms with E-state index in [4.69, 9.17) is 0 Å². The number of aromatic nitrogens is 3. The van der Waals surface area contributed by atoms with Gasteiger partial charge < -0.3 is 10.2 Å². The molecule has 0 radical (unpaired) electrons. The van der Waals surface area contributed by atoms with Crippen molar-refractivity contribution in [3.8, 4) is 11.3 Å². The van der Waals surface area contributed by atoms with Gasteiger partial charge in [0.05, 0.1) is 17.1 Å². The van der Waals surface area contributed by atoms with E-state index < -0.39 is 0 Å². The molecule has 1 aliphatic rings. The quantitative estimate of drug-likeness (QED) is 0.442. The Morgan fingerprint density at radius 2 is 1.65 bits per heavy atom. The van der Waals surface area contributed by atoms with E-state index in [1.165, 1.54) is 5.56 Å². The van der Waals surface area contributed by atoms with E-state index in [2.05, 4.69) is 48.5 Å². The summed E-state index contributed by atoms with van der Waals surface area (Å²) in [7, 11) is 0. The Hall–Kier alpha value is -3.97. The molecule has 2 aromatic carbocycles. The normalized spacial score (nSPS) is 14.2. The zero-order valence-electron chi connectivity index (χ0n) is 19.0. The van der Waals surface area contributed by atoms with Crippen molar-refractivity contribution in [2.45, 2.75) is 6.42 Å². The molecule has 0 spiro atoms. The number of aromatic amines is 1. The van der Waals surface area contributed by atoms with E-state index in [1.807, 2.05) is 60.9 Å². The number of rotatable bonds is 7. The van der Waals surface area contributed by atoms with Crippen molar-refractivity contribution in [2.24, 2.45) is 0 Å². The Morgan fingerprint density at radius 1 is 0.912 bits per heavy atom. The summed E-state index contributed by atoms with van der Waals surface area (Å²) in [5, 5.41) is 10.2. The maximum atomic E-state index is 13.0. The summed E-state index contributed by atoms with van der Waals surface area (Å²) >= 11 is 0. The van der Waals surface area contributed by atoms with Crippen molar-refractivity contribution in [1.29, 1.82) is 0 Å². The van der Waals surface area contributed by atoms with Gasteiger partial charge in [-0.25, -0.2) is 0 Å². The smallest absolute Gasteiger partial charge is 0.273 e. The molecule has 5 rings (SSSR count). The summed E-state index contributed by atoms with van der Waals surface area (Å²) in [5.74, 6) is -0.196. The molecule has 1 fully saturated rings. The highest BCUT2D eigenvalue weighted by Crippen LogP contribution is 2.27. The molecular weight excluding hydrogens is 424 g/mol. The van der Waals surface area contributed by atoms with Gasteiger partial charge in [0.2, 0.25) is 0 Å². The van der Waals surface area contributed by atoms with Crippen LogP contribution in [-0.4, -0.2) is 58.7 Å². The minimum atomic E-state index is -0.196. The first-order chi connectivity index (χ1) is 16.8. The van der Waals surface area contributed by atoms with Crippen LogP contribution in [-0.2, 0) is 6.42 Å². The van der Waals surface area contributed by atoms with Gasteiger partial charge in [-0.1, -0.05) is 42.5 Å². The highest BCUT2D eigenvalue weighted by atomic mass is 16.1. The second kappa shape index (κ2) is 10.3. The summed E-state index contributed by atoms with van der Waals surface area (Å²) in [6.07, 6.45) is 4.73. The highest BCUT2D eigenvalue weighted by Gasteiger charge is 2.20. The van der Waals surface area contributed by atoms with Gasteiger partial charge in [-0.15, -0.1) is 0 Å². The second-order valence-corrected chi connectivity index (χ2v) is 8.44.